The van der Waals surface area contributed by atoms with E-state index in [2.05, 4.69) is 5.32 Å². The molecule has 0 saturated carbocycles. The average molecular weight is 174 g/mol. The molecule has 0 radical (unpaired) electrons. The second kappa shape index (κ2) is 3.73. The molecular formula is C7H14N2O3. The van der Waals surface area contributed by atoms with Crippen molar-refractivity contribution in [3.8, 4) is 0 Å². The Hall–Kier alpha value is -0.810. The van der Waals surface area contributed by atoms with E-state index in [1.807, 2.05) is 0 Å². The number of aliphatic hydroxyl groups is 1. The van der Waals surface area contributed by atoms with Crippen LogP contribution in [0.25, 0.3) is 0 Å². The minimum absolute atomic E-state index is 0.130. The van der Waals surface area contributed by atoms with Crippen LogP contribution in [-0.2, 0) is 0 Å². The van der Waals surface area contributed by atoms with Crippen LogP contribution in [0.3, 0.4) is 0 Å². The maximum Gasteiger partial charge on any atom is 0.407 e. The number of piperidine rings is 1. The van der Waals surface area contributed by atoms with Crippen molar-refractivity contribution in [2.45, 2.75) is 18.6 Å². The van der Waals surface area contributed by atoms with Gasteiger partial charge in [-0.1, -0.05) is 0 Å². The van der Waals surface area contributed by atoms with Crippen molar-refractivity contribution in [2.75, 3.05) is 20.1 Å². The third-order valence-electron chi connectivity index (χ3n) is 2.22. The fourth-order valence-electron chi connectivity index (χ4n) is 1.40. The van der Waals surface area contributed by atoms with Gasteiger partial charge in [0.25, 0.3) is 0 Å². The van der Waals surface area contributed by atoms with Crippen LogP contribution >= 0.6 is 0 Å². The Balaban J connectivity index is 2.49. The topological polar surface area (TPSA) is 72.8 Å². The van der Waals surface area contributed by atoms with E-state index < -0.39 is 12.2 Å². The van der Waals surface area contributed by atoms with Crippen molar-refractivity contribution >= 4 is 6.09 Å². The summed E-state index contributed by atoms with van der Waals surface area (Å²) in [4.78, 5) is 11.9. The Labute approximate surface area is 71.0 Å². The van der Waals surface area contributed by atoms with E-state index in [0.29, 0.717) is 19.5 Å². The number of likely N-dealkylation sites (tertiary alicyclic amines) is 1. The van der Waals surface area contributed by atoms with Crippen molar-refractivity contribution < 1.29 is 15.0 Å². The quantitative estimate of drug-likeness (QED) is 0.492. The van der Waals surface area contributed by atoms with Gasteiger partial charge in [-0.2, -0.15) is 0 Å². The standard InChI is InChI=1S/C7H14N2O3/c1-8-5-4-9(7(11)12)3-2-6(5)10/h5-6,8,10H,2-4H2,1H3,(H,11,12). The maximum atomic E-state index is 10.5. The van der Waals surface area contributed by atoms with E-state index in [9.17, 15) is 9.90 Å². The van der Waals surface area contributed by atoms with Gasteiger partial charge in [0.2, 0.25) is 0 Å². The van der Waals surface area contributed by atoms with Gasteiger partial charge in [-0.25, -0.2) is 4.79 Å². The SMILES string of the molecule is CNC1CN(C(=O)O)CCC1O. The first-order valence-electron chi connectivity index (χ1n) is 3.98. The Morgan fingerprint density at radius 1 is 1.67 bits per heavy atom. The number of aliphatic hydroxyl groups excluding tert-OH is 1. The molecule has 0 aliphatic carbocycles. The lowest BCUT2D eigenvalue weighted by Crippen LogP contribution is -2.53. The summed E-state index contributed by atoms with van der Waals surface area (Å²) in [6, 6.07) is -0.130. The predicted molar refractivity (Wildman–Crippen MR) is 43.1 cm³/mol. The van der Waals surface area contributed by atoms with Gasteiger partial charge in [0.05, 0.1) is 12.1 Å². The van der Waals surface area contributed by atoms with Gasteiger partial charge in [0.1, 0.15) is 0 Å². The molecule has 3 N–H and O–H groups in total. The molecule has 0 spiro atoms. The highest BCUT2D eigenvalue weighted by atomic mass is 16.4. The lowest BCUT2D eigenvalue weighted by atomic mass is 10.0. The number of likely N-dealkylation sites (N-methyl/N-ethyl adjacent to an activating group) is 1. The molecular weight excluding hydrogens is 160 g/mol. The van der Waals surface area contributed by atoms with Gasteiger partial charge in [-0.05, 0) is 13.5 Å². The molecule has 1 saturated heterocycles. The summed E-state index contributed by atoms with van der Waals surface area (Å²) in [5.41, 5.74) is 0. The van der Waals surface area contributed by atoms with Crippen LogP contribution in [-0.4, -0.2) is 53.5 Å². The van der Waals surface area contributed by atoms with Crippen LogP contribution in [0.2, 0.25) is 0 Å². The smallest absolute Gasteiger partial charge is 0.407 e. The number of nitrogens with zero attached hydrogens (tertiary/aromatic N) is 1. The third kappa shape index (κ3) is 1.86. The van der Waals surface area contributed by atoms with Gasteiger partial charge in [-0.3, -0.25) is 0 Å². The molecule has 2 unspecified atom stereocenters. The highest BCUT2D eigenvalue weighted by molar-refractivity contribution is 5.65. The van der Waals surface area contributed by atoms with Crippen molar-refractivity contribution in [2.24, 2.45) is 0 Å². The first kappa shape index (κ1) is 9.28. The summed E-state index contributed by atoms with van der Waals surface area (Å²) in [5.74, 6) is 0. The predicted octanol–water partition coefficient (Wildman–Crippen LogP) is -0.681. The molecule has 1 amide bonds. The number of rotatable bonds is 1. The number of hydrogen-bond acceptors (Lipinski definition) is 3. The van der Waals surface area contributed by atoms with Gasteiger partial charge in [-0.15, -0.1) is 0 Å². The molecule has 2 atom stereocenters. The summed E-state index contributed by atoms with van der Waals surface area (Å²) < 4.78 is 0. The molecule has 0 aromatic heterocycles. The van der Waals surface area contributed by atoms with Crippen LogP contribution in [0.15, 0.2) is 0 Å². The fraction of sp³-hybridized carbons (Fsp3) is 0.857. The molecule has 12 heavy (non-hydrogen) atoms. The van der Waals surface area contributed by atoms with E-state index in [1.165, 1.54) is 4.90 Å². The van der Waals surface area contributed by atoms with Crippen LogP contribution in [0.5, 0.6) is 0 Å². The molecule has 0 aromatic carbocycles. The number of hydrogen-bond donors (Lipinski definition) is 3. The largest absolute Gasteiger partial charge is 0.465 e. The van der Waals surface area contributed by atoms with E-state index in [1.54, 1.807) is 7.05 Å². The summed E-state index contributed by atoms with van der Waals surface area (Å²) in [7, 11) is 1.72. The second-order valence-electron chi connectivity index (χ2n) is 2.98. The van der Waals surface area contributed by atoms with Crippen molar-refractivity contribution in [1.82, 2.24) is 10.2 Å². The number of carboxylic acid groups (broad SMARTS) is 1. The summed E-state index contributed by atoms with van der Waals surface area (Å²) in [5, 5.41) is 20.9. The molecule has 1 heterocycles. The zero-order valence-corrected chi connectivity index (χ0v) is 7.03. The molecule has 70 valence electrons. The van der Waals surface area contributed by atoms with Crippen LogP contribution in [0.1, 0.15) is 6.42 Å². The van der Waals surface area contributed by atoms with E-state index in [4.69, 9.17) is 5.11 Å². The Morgan fingerprint density at radius 3 is 2.83 bits per heavy atom. The lowest BCUT2D eigenvalue weighted by molar-refractivity contribution is 0.0506. The maximum absolute atomic E-state index is 10.5. The molecule has 1 aliphatic rings. The van der Waals surface area contributed by atoms with Crippen LogP contribution < -0.4 is 5.32 Å². The lowest BCUT2D eigenvalue weighted by Gasteiger charge is -2.34. The van der Waals surface area contributed by atoms with Gasteiger partial charge >= 0.3 is 6.09 Å². The summed E-state index contributed by atoms with van der Waals surface area (Å²) in [6.45, 7) is 0.793. The summed E-state index contributed by atoms with van der Waals surface area (Å²) in [6.07, 6.45) is -0.828. The Kier molecular flexibility index (Phi) is 2.88. The van der Waals surface area contributed by atoms with E-state index in [0.717, 1.165) is 0 Å². The van der Waals surface area contributed by atoms with E-state index in [-0.39, 0.29) is 6.04 Å². The van der Waals surface area contributed by atoms with Crippen LogP contribution in [0.4, 0.5) is 4.79 Å². The molecule has 0 aromatic rings. The van der Waals surface area contributed by atoms with Gasteiger partial charge in [0, 0.05) is 13.1 Å². The Bertz CT molecular complexity index is 174. The van der Waals surface area contributed by atoms with Crippen molar-refractivity contribution in [3.05, 3.63) is 0 Å². The zero-order chi connectivity index (χ0) is 9.14. The highest BCUT2D eigenvalue weighted by Crippen LogP contribution is 2.10. The van der Waals surface area contributed by atoms with Crippen LogP contribution in [0, 0.1) is 0 Å². The van der Waals surface area contributed by atoms with Gasteiger partial charge < -0.3 is 20.4 Å². The minimum Gasteiger partial charge on any atom is -0.465 e. The normalized spacial score (nSPS) is 30.3. The molecule has 1 fully saturated rings. The molecule has 1 rings (SSSR count). The van der Waals surface area contributed by atoms with Gasteiger partial charge in [0.15, 0.2) is 0 Å². The van der Waals surface area contributed by atoms with Crippen molar-refractivity contribution in [3.63, 3.8) is 0 Å². The number of amides is 1. The molecule has 5 heteroatoms. The minimum atomic E-state index is -0.915. The average Bonchev–Trinajstić information content (AvgIpc) is 2.05. The van der Waals surface area contributed by atoms with Crippen molar-refractivity contribution in [1.29, 1.82) is 0 Å². The molecule has 1 aliphatic heterocycles. The second-order valence-corrected chi connectivity index (χ2v) is 2.98. The first-order chi connectivity index (χ1) is 5.65. The Morgan fingerprint density at radius 2 is 2.33 bits per heavy atom. The zero-order valence-electron chi connectivity index (χ0n) is 7.03. The van der Waals surface area contributed by atoms with E-state index >= 15 is 0 Å². The molecule has 0 bridgehead atoms. The fourth-order valence-corrected chi connectivity index (χ4v) is 1.40. The summed E-state index contributed by atoms with van der Waals surface area (Å²) >= 11 is 0. The number of nitrogens with one attached hydrogen (secondary N) is 1. The third-order valence-corrected chi connectivity index (χ3v) is 2.22. The monoisotopic (exact) mass is 174 g/mol. The highest BCUT2D eigenvalue weighted by Gasteiger charge is 2.28. The number of carbonyl (C=O) groups is 1. The first-order valence-corrected chi connectivity index (χ1v) is 3.98. The molecule has 5 nitrogen and oxygen atoms in total.